The van der Waals surface area contributed by atoms with Crippen molar-refractivity contribution < 1.29 is 0 Å². The van der Waals surface area contributed by atoms with Crippen LogP contribution in [0.1, 0.15) is 74.9 Å². The van der Waals surface area contributed by atoms with Gasteiger partial charge in [0.1, 0.15) is 0 Å². The number of alkyl halides is 1. The van der Waals surface area contributed by atoms with Crippen LogP contribution in [0.15, 0.2) is 12.1 Å². The second kappa shape index (κ2) is 5.17. The van der Waals surface area contributed by atoms with Crippen LogP contribution in [0.3, 0.4) is 0 Å². The van der Waals surface area contributed by atoms with Gasteiger partial charge in [0.25, 0.3) is 0 Å². The fourth-order valence-electron chi connectivity index (χ4n) is 2.85. The minimum Gasteiger partial charge on any atom is -0.143 e. The van der Waals surface area contributed by atoms with Crippen LogP contribution in [0.2, 0.25) is 0 Å². The van der Waals surface area contributed by atoms with E-state index >= 15 is 0 Å². The highest BCUT2D eigenvalue weighted by Gasteiger charge is 2.36. The van der Waals surface area contributed by atoms with Gasteiger partial charge >= 0.3 is 0 Å². The standard InChI is InChI=1S/C16H25ClS/c1-15(2,3)13-9-8-12(18-13)14(17)16(4)10-6-5-7-11-16/h8-9,14H,5-7,10-11H2,1-4H3. The molecule has 1 aliphatic rings. The van der Waals surface area contributed by atoms with Gasteiger partial charge in [0, 0.05) is 9.75 Å². The molecule has 18 heavy (non-hydrogen) atoms. The van der Waals surface area contributed by atoms with E-state index in [1.807, 2.05) is 11.3 Å². The van der Waals surface area contributed by atoms with E-state index < -0.39 is 0 Å². The first kappa shape index (κ1) is 14.4. The Bertz CT molecular complexity index is 393. The van der Waals surface area contributed by atoms with Gasteiger partial charge in [0.15, 0.2) is 0 Å². The summed E-state index contributed by atoms with van der Waals surface area (Å²) in [6.07, 6.45) is 6.64. The van der Waals surface area contributed by atoms with E-state index in [9.17, 15) is 0 Å². The fraction of sp³-hybridized carbons (Fsp3) is 0.750. The highest BCUT2D eigenvalue weighted by molar-refractivity contribution is 7.12. The Kier molecular flexibility index (Phi) is 4.14. The minimum absolute atomic E-state index is 0.193. The molecule has 2 rings (SSSR count). The summed E-state index contributed by atoms with van der Waals surface area (Å²) in [5, 5.41) is 0.193. The molecule has 0 N–H and O–H groups in total. The minimum atomic E-state index is 0.193. The zero-order chi connectivity index (χ0) is 13.4. The summed E-state index contributed by atoms with van der Waals surface area (Å²) < 4.78 is 0. The summed E-state index contributed by atoms with van der Waals surface area (Å²) >= 11 is 8.71. The van der Waals surface area contributed by atoms with E-state index in [0.717, 1.165) is 0 Å². The van der Waals surface area contributed by atoms with E-state index in [4.69, 9.17) is 11.6 Å². The van der Waals surface area contributed by atoms with E-state index in [2.05, 4.69) is 39.8 Å². The van der Waals surface area contributed by atoms with Crippen molar-refractivity contribution in [1.82, 2.24) is 0 Å². The number of rotatable bonds is 2. The van der Waals surface area contributed by atoms with Crippen molar-refractivity contribution >= 4 is 22.9 Å². The first-order chi connectivity index (χ1) is 8.33. The topological polar surface area (TPSA) is 0 Å². The van der Waals surface area contributed by atoms with E-state index in [1.165, 1.54) is 41.9 Å². The second-order valence-corrected chi connectivity index (χ2v) is 8.58. The predicted octanol–water partition coefficient (Wildman–Crippen LogP) is 6.30. The lowest BCUT2D eigenvalue weighted by Gasteiger charge is -2.37. The Morgan fingerprint density at radius 2 is 1.78 bits per heavy atom. The number of hydrogen-bond donors (Lipinski definition) is 0. The van der Waals surface area contributed by atoms with Crippen LogP contribution in [0.4, 0.5) is 0 Å². The Balaban J connectivity index is 2.18. The van der Waals surface area contributed by atoms with Crippen LogP contribution in [-0.4, -0.2) is 0 Å². The molecule has 0 radical (unpaired) electrons. The zero-order valence-electron chi connectivity index (χ0n) is 12.1. The second-order valence-electron chi connectivity index (χ2n) is 7.03. The van der Waals surface area contributed by atoms with E-state index in [-0.39, 0.29) is 10.8 Å². The molecule has 1 heterocycles. The quantitative estimate of drug-likeness (QED) is 0.559. The lowest BCUT2D eigenvalue weighted by molar-refractivity contribution is 0.208. The van der Waals surface area contributed by atoms with Gasteiger partial charge in [-0.25, -0.2) is 0 Å². The lowest BCUT2D eigenvalue weighted by Crippen LogP contribution is -2.24. The molecule has 0 amide bonds. The van der Waals surface area contributed by atoms with Crippen LogP contribution in [0, 0.1) is 5.41 Å². The monoisotopic (exact) mass is 284 g/mol. The first-order valence-corrected chi connectivity index (χ1v) is 8.32. The van der Waals surface area contributed by atoms with Gasteiger partial charge in [-0.3, -0.25) is 0 Å². The van der Waals surface area contributed by atoms with Gasteiger partial charge in [0.2, 0.25) is 0 Å². The molecular formula is C16H25ClS. The van der Waals surface area contributed by atoms with Gasteiger partial charge in [0.05, 0.1) is 5.38 Å². The van der Waals surface area contributed by atoms with E-state index in [0.29, 0.717) is 5.41 Å². The summed E-state index contributed by atoms with van der Waals surface area (Å²) in [4.78, 5) is 2.81. The van der Waals surface area contributed by atoms with Crippen LogP contribution >= 0.6 is 22.9 Å². The molecule has 0 nitrogen and oxygen atoms in total. The van der Waals surface area contributed by atoms with Crippen LogP contribution in [-0.2, 0) is 5.41 Å². The average Bonchev–Trinajstić information content (AvgIpc) is 2.77. The van der Waals surface area contributed by atoms with Crippen molar-refractivity contribution in [2.45, 2.75) is 70.6 Å². The van der Waals surface area contributed by atoms with E-state index in [1.54, 1.807) is 0 Å². The molecule has 0 saturated heterocycles. The molecule has 102 valence electrons. The van der Waals surface area contributed by atoms with Gasteiger partial charge < -0.3 is 0 Å². The normalized spacial score (nSPS) is 21.8. The third-order valence-corrected chi connectivity index (χ3v) is 6.69. The van der Waals surface area contributed by atoms with Crippen molar-refractivity contribution in [2.75, 3.05) is 0 Å². The molecular weight excluding hydrogens is 260 g/mol. The Morgan fingerprint density at radius 3 is 2.28 bits per heavy atom. The molecule has 2 heteroatoms. The van der Waals surface area contributed by atoms with Gasteiger partial charge in [-0.1, -0.05) is 47.0 Å². The maximum atomic E-state index is 6.80. The first-order valence-electron chi connectivity index (χ1n) is 7.07. The maximum Gasteiger partial charge on any atom is 0.0732 e. The number of thiophene rings is 1. The summed E-state index contributed by atoms with van der Waals surface area (Å²) in [5.74, 6) is 0. The SMILES string of the molecule is CC(C)(C)c1ccc(C(Cl)C2(C)CCCCC2)s1. The highest BCUT2D eigenvalue weighted by atomic mass is 35.5. The molecule has 0 aromatic carbocycles. The molecule has 1 aromatic heterocycles. The van der Waals surface area contributed by atoms with Crippen molar-refractivity contribution in [2.24, 2.45) is 5.41 Å². The molecule has 0 bridgehead atoms. The third-order valence-electron chi connectivity index (χ3n) is 4.22. The highest BCUT2D eigenvalue weighted by Crippen LogP contribution is 2.51. The predicted molar refractivity (Wildman–Crippen MR) is 82.8 cm³/mol. The smallest absolute Gasteiger partial charge is 0.0732 e. The molecule has 0 spiro atoms. The molecule has 1 saturated carbocycles. The largest absolute Gasteiger partial charge is 0.143 e. The van der Waals surface area contributed by atoms with Gasteiger partial charge in [-0.05, 0) is 35.8 Å². The summed E-state index contributed by atoms with van der Waals surface area (Å²) in [6, 6.07) is 4.52. The molecule has 1 aliphatic carbocycles. The van der Waals surface area contributed by atoms with Gasteiger partial charge in [-0.15, -0.1) is 22.9 Å². The summed E-state index contributed by atoms with van der Waals surface area (Å²) in [7, 11) is 0. The average molecular weight is 285 g/mol. The van der Waals surface area contributed by atoms with Crippen molar-refractivity contribution in [3.63, 3.8) is 0 Å². The summed E-state index contributed by atoms with van der Waals surface area (Å²) in [6.45, 7) is 9.19. The van der Waals surface area contributed by atoms with Crippen LogP contribution in [0.25, 0.3) is 0 Å². The molecule has 1 unspecified atom stereocenters. The lowest BCUT2D eigenvalue weighted by atomic mass is 9.73. The molecule has 0 aliphatic heterocycles. The number of halogens is 1. The third kappa shape index (κ3) is 2.93. The van der Waals surface area contributed by atoms with Crippen LogP contribution in [0.5, 0.6) is 0 Å². The Hall–Kier alpha value is -0.0100. The molecule has 1 fully saturated rings. The number of hydrogen-bond acceptors (Lipinski definition) is 1. The Labute approximate surface area is 121 Å². The van der Waals surface area contributed by atoms with Gasteiger partial charge in [-0.2, -0.15) is 0 Å². The maximum absolute atomic E-state index is 6.80. The van der Waals surface area contributed by atoms with Crippen LogP contribution < -0.4 is 0 Å². The fourth-order valence-corrected chi connectivity index (χ4v) is 4.49. The summed E-state index contributed by atoms with van der Waals surface area (Å²) in [5.41, 5.74) is 0.548. The van der Waals surface area contributed by atoms with Crippen molar-refractivity contribution in [3.05, 3.63) is 21.9 Å². The van der Waals surface area contributed by atoms with Crippen molar-refractivity contribution in [1.29, 1.82) is 0 Å². The molecule has 1 atom stereocenters. The Morgan fingerprint density at radius 1 is 1.17 bits per heavy atom. The van der Waals surface area contributed by atoms with Crippen molar-refractivity contribution in [3.8, 4) is 0 Å². The molecule has 1 aromatic rings. The zero-order valence-corrected chi connectivity index (χ0v) is 13.6.